The van der Waals surface area contributed by atoms with Gasteiger partial charge in [0.2, 0.25) is 0 Å². The molecule has 0 radical (unpaired) electrons. The first kappa shape index (κ1) is 21.4. The Morgan fingerprint density at radius 2 is 1.32 bits per heavy atom. The van der Waals surface area contributed by atoms with Gasteiger partial charge in [0.15, 0.2) is 0 Å². The minimum absolute atomic E-state index is 0.178. The molecule has 0 aliphatic heterocycles. The van der Waals surface area contributed by atoms with Crippen LogP contribution < -0.4 is 5.32 Å². The highest BCUT2D eigenvalue weighted by atomic mass is 32.3. The van der Waals surface area contributed by atoms with Gasteiger partial charge in [0.1, 0.15) is 0 Å². The fourth-order valence-electron chi connectivity index (χ4n) is 4.78. The number of hydrogen-bond donors (Lipinski definition) is 2. The molecule has 0 saturated heterocycles. The van der Waals surface area contributed by atoms with Crippen LogP contribution in [-0.2, 0) is 0 Å². The molecule has 0 amide bonds. The van der Waals surface area contributed by atoms with Crippen LogP contribution in [0.2, 0.25) is 0 Å². The quantitative estimate of drug-likeness (QED) is 0.661. The van der Waals surface area contributed by atoms with Gasteiger partial charge in [-0.2, -0.15) is 10.0 Å². The predicted molar refractivity (Wildman–Crippen MR) is 122 cm³/mol. The van der Waals surface area contributed by atoms with Crippen LogP contribution in [0.15, 0.2) is 70.5 Å². The monoisotopic (exact) mass is 399 g/mol. The summed E-state index contributed by atoms with van der Waals surface area (Å²) in [6, 6.07) is 22.3. The highest BCUT2D eigenvalue weighted by Crippen LogP contribution is 2.61. The van der Waals surface area contributed by atoms with Gasteiger partial charge in [-0.1, -0.05) is 68.5 Å². The van der Waals surface area contributed by atoms with E-state index in [-0.39, 0.29) is 12.1 Å². The second-order valence-corrected chi connectivity index (χ2v) is 11.8. The molecule has 2 N–H and O–H groups in total. The molecule has 3 heteroatoms. The van der Waals surface area contributed by atoms with Crippen LogP contribution in [0.3, 0.4) is 0 Å². The number of likely N-dealkylation sites (N-methyl/N-ethyl adjacent to an activating group) is 1. The van der Waals surface area contributed by atoms with Gasteiger partial charge in [-0.25, -0.2) is 0 Å². The maximum atomic E-state index is 10.9. The van der Waals surface area contributed by atoms with Crippen LogP contribution in [-0.4, -0.2) is 36.3 Å². The lowest BCUT2D eigenvalue weighted by atomic mass is 9.87. The van der Waals surface area contributed by atoms with E-state index in [9.17, 15) is 5.11 Å². The first-order chi connectivity index (χ1) is 13.6. The van der Waals surface area contributed by atoms with E-state index < -0.39 is 10.0 Å². The van der Waals surface area contributed by atoms with Crippen molar-refractivity contribution in [2.75, 3.05) is 19.1 Å². The van der Waals surface area contributed by atoms with Gasteiger partial charge in [-0.15, -0.1) is 0 Å². The summed E-state index contributed by atoms with van der Waals surface area (Å²) >= 11 is 0. The third kappa shape index (κ3) is 5.20. The van der Waals surface area contributed by atoms with Crippen molar-refractivity contribution in [3.63, 3.8) is 0 Å². The fraction of sp³-hybridized carbons (Fsp3) is 0.520. The van der Waals surface area contributed by atoms with Crippen molar-refractivity contribution in [2.24, 2.45) is 5.92 Å². The molecular formula is C25H37NOS. The Labute approximate surface area is 173 Å². The Morgan fingerprint density at radius 1 is 0.821 bits per heavy atom. The van der Waals surface area contributed by atoms with Crippen molar-refractivity contribution in [3.8, 4) is 0 Å². The van der Waals surface area contributed by atoms with E-state index >= 15 is 0 Å². The van der Waals surface area contributed by atoms with E-state index in [1.807, 2.05) is 7.05 Å². The van der Waals surface area contributed by atoms with Crippen LogP contribution in [0.5, 0.6) is 0 Å². The molecule has 2 aromatic carbocycles. The van der Waals surface area contributed by atoms with Crippen molar-refractivity contribution in [1.29, 1.82) is 0 Å². The highest BCUT2D eigenvalue weighted by Gasteiger charge is 2.33. The van der Waals surface area contributed by atoms with Gasteiger partial charge in [0, 0.05) is 6.04 Å². The first-order valence-corrected chi connectivity index (χ1v) is 13.1. The Hall–Kier alpha value is -1.29. The Morgan fingerprint density at radius 3 is 1.86 bits per heavy atom. The molecule has 3 atom stereocenters. The van der Waals surface area contributed by atoms with Gasteiger partial charge in [0.25, 0.3) is 0 Å². The zero-order valence-corrected chi connectivity index (χ0v) is 18.3. The van der Waals surface area contributed by atoms with Gasteiger partial charge < -0.3 is 10.4 Å². The third-order valence-corrected chi connectivity index (χ3v) is 10.1. The maximum Gasteiger partial charge on any atom is 0.0696 e. The first-order valence-electron chi connectivity index (χ1n) is 10.9. The summed E-state index contributed by atoms with van der Waals surface area (Å²) < 4.78 is 0. The van der Waals surface area contributed by atoms with Crippen LogP contribution in [0.25, 0.3) is 0 Å². The van der Waals surface area contributed by atoms with E-state index in [2.05, 4.69) is 72.2 Å². The smallest absolute Gasteiger partial charge is 0.0696 e. The molecule has 28 heavy (non-hydrogen) atoms. The van der Waals surface area contributed by atoms with Crippen LogP contribution >= 0.6 is 10.0 Å². The SMILES string of the molecule is CNC1C(O)CCCCCCCC1CS(C)(c1ccccc1)c1ccccc1. The Bertz CT molecular complexity index is 651. The zero-order chi connectivity index (χ0) is 19.8. The van der Waals surface area contributed by atoms with Crippen molar-refractivity contribution in [2.45, 2.75) is 66.9 Å². The van der Waals surface area contributed by atoms with E-state index in [1.165, 1.54) is 41.9 Å². The van der Waals surface area contributed by atoms with Gasteiger partial charge in [0.05, 0.1) is 6.10 Å². The van der Waals surface area contributed by atoms with Crippen LogP contribution in [0.4, 0.5) is 0 Å². The van der Waals surface area contributed by atoms with E-state index in [0.29, 0.717) is 5.92 Å². The van der Waals surface area contributed by atoms with E-state index in [1.54, 1.807) is 0 Å². The molecule has 1 saturated carbocycles. The standard InChI is InChI=1S/C25H37NOS/c1-26-25-21(14-8-4-3-5-13-19-24(25)27)20-28(2,22-15-9-6-10-16-22)23-17-11-7-12-18-23/h6-7,9-12,15-18,21,24-27H,3-5,8,13-14,19-20H2,1-2H3. The lowest BCUT2D eigenvalue weighted by Gasteiger charge is -2.43. The topological polar surface area (TPSA) is 32.3 Å². The van der Waals surface area contributed by atoms with Crippen molar-refractivity contribution < 1.29 is 5.11 Å². The summed E-state index contributed by atoms with van der Waals surface area (Å²) in [4.78, 5) is 2.89. The van der Waals surface area contributed by atoms with Crippen LogP contribution in [0, 0.1) is 5.92 Å². The molecule has 3 unspecified atom stereocenters. The molecule has 1 aliphatic rings. The van der Waals surface area contributed by atoms with Gasteiger partial charge in [-0.05, 0) is 71.9 Å². The highest BCUT2D eigenvalue weighted by molar-refractivity contribution is 8.33. The Kier molecular flexibility index (Phi) is 8.01. The van der Waals surface area contributed by atoms with E-state index in [0.717, 1.165) is 18.6 Å². The largest absolute Gasteiger partial charge is 0.391 e. The second kappa shape index (κ2) is 10.5. The van der Waals surface area contributed by atoms with Crippen molar-refractivity contribution in [1.82, 2.24) is 5.32 Å². The second-order valence-electron chi connectivity index (χ2n) is 8.37. The van der Waals surface area contributed by atoms with Gasteiger partial charge in [-0.3, -0.25) is 0 Å². The zero-order valence-electron chi connectivity index (χ0n) is 17.5. The summed E-state index contributed by atoms with van der Waals surface area (Å²) in [5.41, 5.74) is 0. The summed E-state index contributed by atoms with van der Waals surface area (Å²) in [6.07, 6.45) is 10.7. The summed E-state index contributed by atoms with van der Waals surface area (Å²) in [5, 5.41) is 14.5. The molecule has 0 spiro atoms. The third-order valence-electron chi connectivity index (χ3n) is 6.40. The lowest BCUT2D eigenvalue weighted by Crippen LogP contribution is -2.45. The molecule has 1 aliphatic carbocycles. The number of aliphatic hydroxyl groups excluding tert-OH is 1. The number of hydrogen-bond acceptors (Lipinski definition) is 2. The fourth-order valence-corrected chi connectivity index (χ4v) is 8.18. The number of rotatable bonds is 5. The normalized spacial score (nSPS) is 25.2. The summed E-state index contributed by atoms with van der Waals surface area (Å²) in [5.74, 6) is 1.61. The molecular weight excluding hydrogens is 362 g/mol. The molecule has 0 aromatic heterocycles. The molecule has 3 rings (SSSR count). The summed E-state index contributed by atoms with van der Waals surface area (Å²) in [6.45, 7) is 0. The predicted octanol–water partition coefficient (Wildman–Crippen LogP) is 5.85. The molecule has 2 aromatic rings. The Balaban J connectivity index is 1.95. The van der Waals surface area contributed by atoms with Crippen molar-refractivity contribution >= 4 is 10.0 Å². The minimum atomic E-state index is -1.16. The number of benzene rings is 2. The number of nitrogens with one attached hydrogen (secondary N) is 1. The molecule has 1 fully saturated rings. The van der Waals surface area contributed by atoms with E-state index in [4.69, 9.17) is 0 Å². The number of aliphatic hydroxyl groups is 1. The van der Waals surface area contributed by atoms with Gasteiger partial charge >= 0.3 is 0 Å². The maximum absolute atomic E-state index is 10.9. The average Bonchev–Trinajstić information content (AvgIpc) is 2.74. The van der Waals surface area contributed by atoms with Crippen LogP contribution in [0.1, 0.15) is 44.9 Å². The molecule has 2 nitrogen and oxygen atoms in total. The molecule has 154 valence electrons. The molecule has 0 heterocycles. The molecule has 0 bridgehead atoms. The van der Waals surface area contributed by atoms with Crippen molar-refractivity contribution in [3.05, 3.63) is 60.7 Å². The summed E-state index contributed by atoms with van der Waals surface area (Å²) in [7, 11) is 0.869. The minimum Gasteiger partial charge on any atom is -0.391 e. The average molecular weight is 400 g/mol. The lowest BCUT2D eigenvalue weighted by molar-refractivity contribution is 0.0900.